The van der Waals surface area contributed by atoms with E-state index in [4.69, 9.17) is 16.1 Å². The van der Waals surface area contributed by atoms with Gasteiger partial charge in [0, 0.05) is 48.2 Å². The third kappa shape index (κ3) is 3.43. The van der Waals surface area contributed by atoms with Crippen LogP contribution in [0.4, 0.5) is 0 Å². The molecule has 4 aromatic rings. The van der Waals surface area contributed by atoms with Crippen LogP contribution in [0.15, 0.2) is 65.4 Å². The van der Waals surface area contributed by atoms with Crippen molar-refractivity contribution in [3.8, 4) is 28.5 Å². The van der Waals surface area contributed by atoms with Gasteiger partial charge in [0.05, 0.1) is 22.8 Å². The Morgan fingerprint density at radius 2 is 1.81 bits per heavy atom. The third-order valence-electron chi connectivity index (χ3n) is 5.45. The molecule has 0 aliphatic carbocycles. The van der Waals surface area contributed by atoms with Gasteiger partial charge in [0.25, 0.3) is 5.91 Å². The number of aromatic hydroxyl groups is 2. The summed E-state index contributed by atoms with van der Waals surface area (Å²) in [5, 5.41) is 24.1. The summed E-state index contributed by atoms with van der Waals surface area (Å²) in [6.45, 7) is 0.809. The van der Waals surface area contributed by atoms with E-state index in [0.29, 0.717) is 36.4 Å². The van der Waals surface area contributed by atoms with Crippen molar-refractivity contribution in [3.05, 3.63) is 82.8 Å². The number of phenols is 2. The normalized spacial score (nSPS) is 13.3. The van der Waals surface area contributed by atoms with Gasteiger partial charge >= 0.3 is 0 Å². The van der Waals surface area contributed by atoms with Gasteiger partial charge in [-0.2, -0.15) is 0 Å². The molecule has 0 radical (unpaired) electrons. The summed E-state index contributed by atoms with van der Waals surface area (Å²) in [7, 11) is 0. The monoisotopic (exact) mass is 435 g/mol. The molecule has 0 fully saturated rings. The standard InChI is InChI=1S/C23H18ClN3O4/c24-18-11-16(20(28)12-21(18)29)22-17-13-27(10-7-19(17)25-31-22)23(30)14-3-5-15(6-4-14)26-8-1-2-9-26/h1-6,8-9,11-12,28-29H,7,10,13H2. The minimum Gasteiger partial charge on any atom is -0.507 e. The van der Waals surface area contributed by atoms with Crippen LogP contribution in [0.3, 0.4) is 0 Å². The average Bonchev–Trinajstić information content (AvgIpc) is 3.46. The van der Waals surface area contributed by atoms with Crippen molar-refractivity contribution in [1.82, 2.24) is 14.6 Å². The van der Waals surface area contributed by atoms with Crippen molar-refractivity contribution < 1.29 is 19.5 Å². The molecule has 0 unspecified atom stereocenters. The highest BCUT2D eigenvalue weighted by atomic mass is 35.5. The Labute approximate surface area is 182 Å². The molecule has 0 bridgehead atoms. The Bertz CT molecular complexity index is 1260. The molecule has 0 saturated carbocycles. The molecule has 2 N–H and O–H groups in total. The first kappa shape index (κ1) is 19.3. The summed E-state index contributed by atoms with van der Waals surface area (Å²) in [4.78, 5) is 14.8. The molecule has 7 nitrogen and oxygen atoms in total. The number of aromatic nitrogens is 2. The fourth-order valence-corrected chi connectivity index (χ4v) is 3.96. The average molecular weight is 436 g/mol. The van der Waals surface area contributed by atoms with E-state index in [2.05, 4.69) is 5.16 Å². The zero-order chi connectivity index (χ0) is 21.5. The number of nitrogens with zero attached hydrogens (tertiary/aromatic N) is 3. The molecule has 2 aromatic heterocycles. The Balaban J connectivity index is 1.41. The highest BCUT2D eigenvalue weighted by molar-refractivity contribution is 6.32. The number of carbonyl (C=O) groups is 1. The molecule has 156 valence electrons. The zero-order valence-corrected chi connectivity index (χ0v) is 17.1. The van der Waals surface area contributed by atoms with Crippen molar-refractivity contribution >= 4 is 17.5 Å². The Kier molecular flexibility index (Phi) is 4.67. The summed E-state index contributed by atoms with van der Waals surface area (Å²) in [6.07, 6.45) is 4.43. The highest BCUT2D eigenvalue weighted by Gasteiger charge is 2.29. The lowest BCUT2D eigenvalue weighted by Crippen LogP contribution is -2.35. The second-order valence-electron chi connectivity index (χ2n) is 7.37. The van der Waals surface area contributed by atoms with Gasteiger partial charge < -0.3 is 24.2 Å². The maximum absolute atomic E-state index is 13.1. The lowest BCUT2D eigenvalue weighted by Gasteiger charge is -2.26. The van der Waals surface area contributed by atoms with Gasteiger partial charge in [0.15, 0.2) is 5.76 Å². The Morgan fingerprint density at radius 1 is 1.06 bits per heavy atom. The Morgan fingerprint density at radius 3 is 2.55 bits per heavy atom. The summed E-state index contributed by atoms with van der Waals surface area (Å²) in [6, 6.07) is 13.9. The van der Waals surface area contributed by atoms with Gasteiger partial charge in [-0.05, 0) is 42.5 Å². The topological polar surface area (TPSA) is 91.7 Å². The second kappa shape index (κ2) is 7.52. The molecule has 2 aromatic carbocycles. The SMILES string of the molecule is O=C(c1ccc(-n2cccc2)cc1)N1CCc2noc(-c3cc(Cl)c(O)cc3O)c2C1. The van der Waals surface area contributed by atoms with Crippen LogP contribution < -0.4 is 0 Å². The molecule has 1 aliphatic rings. The molecular formula is C23H18ClN3O4. The first-order valence-corrected chi connectivity index (χ1v) is 10.1. The van der Waals surface area contributed by atoms with Crippen LogP contribution in [0, 0.1) is 0 Å². The van der Waals surface area contributed by atoms with Gasteiger partial charge in [0.2, 0.25) is 0 Å². The molecule has 3 heterocycles. The van der Waals surface area contributed by atoms with Crippen molar-refractivity contribution in [3.63, 3.8) is 0 Å². The predicted octanol–water partition coefficient (Wildman–Crippen LogP) is 4.40. The smallest absolute Gasteiger partial charge is 0.254 e. The summed E-state index contributed by atoms with van der Waals surface area (Å²) in [5.74, 6) is -0.152. The van der Waals surface area contributed by atoms with Crippen molar-refractivity contribution in [2.45, 2.75) is 13.0 Å². The van der Waals surface area contributed by atoms with Gasteiger partial charge in [-0.25, -0.2) is 0 Å². The van der Waals surface area contributed by atoms with Crippen LogP contribution in [0.25, 0.3) is 17.0 Å². The quantitative estimate of drug-likeness (QED) is 0.497. The summed E-state index contributed by atoms with van der Waals surface area (Å²) < 4.78 is 7.45. The van der Waals surface area contributed by atoms with Crippen LogP contribution >= 0.6 is 11.6 Å². The molecule has 5 rings (SSSR count). The van der Waals surface area contributed by atoms with E-state index < -0.39 is 0 Å². The Hall–Kier alpha value is -3.71. The number of hydrogen-bond donors (Lipinski definition) is 2. The predicted molar refractivity (Wildman–Crippen MR) is 114 cm³/mol. The molecular weight excluding hydrogens is 418 g/mol. The number of carbonyl (C=O) groups excluding carboxylic acids is 1. The van der Waals surface area contributed by atoms with Crippen LogP contribution in [0.5, 0.6) is 11.5 Å². The number of hydrogen-bond acceptors (Lipinski definition) is 5. The van der Waals surface area contributed by atoms with E-state index in [-0.39, 0.29) is 22.4 Å². The molecule has 8 heteroatoms. The minimum absolute atomic E-state index is 0.0875. The van der Waals surface area contributed by atoms with E-state index in [1.165, 1.54) is 6.07 Å². The largest absolute Gasteiger partial charge is 0.507 e. The van der Waals surface area contributed by atoms with E-state index in [0.717, 1.165) is 23.0 Å². The van der Waals surface area contributed by atoms with E-state index in [1.807, 2.05) is 53.4 Å². The molecule has 1 aliphatic heterocycles. The third-order valence-corrected chi connectivity index (χ3v) is 5.75. The molecule has 1 amide bonds. The zero-order valence-electron chi connectivity index (χ0n) is 16.3. The van der Waals surface area contributed by atoms with E-state index in [9.17, 15) is 15.0 Å². The van der Waals surface area contributed by atoms with Crippen LogP contribution in [0.1, 0.15) is 21.6 Å². The van der Waals surface area contributed by atoms with Gasteiger partial charge in [-0.3, -0.25) is 4.79 Å². The number of halogens is 1. The number of phenolic OH excluding ortho intramolecular Hbond substituents is 2. The maximum Gasteiger partial charge on any atom is 0.254 e. The molecule has 0 spiro atoms. The lowest BCUT2D eigenvalue weighted by molar-refractivity contribution is 0.0734. The van der Waals surface area contributed by atoms with Crippen LogP contribution in [0.2, 0.25) is 5.02 Å². The van der Waals surface area contributed by atoms with Gasteiger partial charge in [0.1, 0.15) is 11.5 Å². The molecule has 0 atom stereocenters. The number of amides is 1. The number of benzene rings is 2. The van der Waals surface area contributed by atoms with Crippen LogP contribution in [-0.2, 0) is 13.0 Å². The minimum atomic E-state index is -0.225. The second-order valence-corrected chi connectivity index (χ2v) is 7.78. The fourth-order valence-electron chi connectivity index (χ4n) is 3.80. The summed E-state index contributed by atoms with van der Waals surface area (Å²) in [5.41, 5.74) is 3.35. The maximum atomic E-state index is 13.1. The first-order chi connectivity index (χ1) is 15.0. The first-order valence-electron chi connectivity index (χ1n) is 9.73. The fraction of sp³-hybridized carbons (Fsp3) is 0.130. The van der Waals surface area contributed by atoms with Gasteiger partial charge in [-0.15, -0.1) is 0 Å². The van der Waals surface area contributed by atoms with Crippen molar-refractivity contribution in [2.24, 2.45) is 0 Å². The number of fused-ring (bicyclic) bond motifs is 1. The number of rotatable bonds is 3. The molecule has 31 heavy (non-hydrogen) atoms. The van der Waals surface area contributed by atoms with E-state index in [1.54, 1.807) is 4.90 Å². The summed E-state index contributed by atoms with van der Waals surface area (Å²) >= 11 is 6.01. The highest BCUT2D eigenvalue weighted by Crippen LogP contribution is 2.40. The van der Waals surface area contributed by atoms with Gasteiger partial charge in [-0.1, -0.05) is 16.8 Å². The molecule has 0 saturated heterocycles. The van der Waals surface area contributed by atoms with Crippen molar-refractivity contribution in [1.29, 1.82) is 0 Å². The lowest BCUT2D eigenvalue weighted by atomic mass is 10.00. The van der Waals surface area contributed by atoms with Crippen molar-refractivity contribution in [2.75, 3.05) is 6.54 Å². The van der Waals surface area contributed by atoms with Crippen LogP contribution in [-0.4, -0.2) is 37.3 Å². The van der Waals surface area contributed by atoms with E-state index >= 15 is 0 Å².